The summed E-state index contributed by atoms with van der Waals surface area (Å²) in [4.78, 5) is 27.8. The van der Waals surface area contributed by atoms with E-state index in [1.807, 2.05) is 0 Å². The number of benzene rings is 2. The van der Waals surface area contributed by atoms with E-state index in [0.717, 1.165) is 12.1 Å². The number of ether oxygens (including phenoxy) is 1. The fraction of sp³-hybridized carbons (Fsp3) is 0.200. The van der Waals surface area contributed by atoms with Crippen LogP contribution in [-0.4, -0.2) is 40.3 Å². The van der Waals surface area contributed by atoms with Crippen LogP contribution in [0.15, 0.2) is 49.1 Å². The SMILES string of the molecule is COC(=O)c1ccc(NCC(=O)Nc2cc(C(F)(F)F)ccc2-n2cncn2)c(C)c1. The average molecular weight is 433 g/mol. The normalized spacial score (nSPS) is 11.1. The molecule has 1 amide bonds. The number of amides is 1. The molecule has 0 aliphatic heterocycles. The van der Waals surface area contributed by atoms with Gasteiger partial charge in [0.1, 0.15) is 12.7 Å². The van der Waals surface area contributed by atoms with E-state index in [-0.39, 0.29) is 17.9 Å². The Morgan fingerprint density at radius 2 is 1.90 bits per heavy atom. The molecule has 162 valence electrons. The summed E-state index contributed by atoms with van der Waals surface area (Å²) in [5.41, 5.74) is 0.897. The van der Waals surface area contributed by atoms with Crippen molar-refractivity contribution in [3.8, 4) is 5.69 Å². The van der Waals surface area contributed by atoms with Crippen molar-refractivity contribution in [1.82, 2.24) is 14.8 Å². The first-order valence-electron chi connectivity index (χ1n) is 8.98. The first kappa shape index (κ1) is 21.8. The van der Waals surface area contributed by atoms with Gasteiger partial charge >= 0.3 is 12.1 Å². The number of halogens is 3. The maximum absolute atomic E-state index is 13.1. The molecule has 2 aromatic carbocycles. The molecule has 2 N–H and O–H groups in total. The second-order valence-corrected chi connectivity index (χ2v) is 6.49. The van der Waals surface area contributed by atoms with Crippen LogP contribution < -0.4 is 10.6 Å². The Hall–Kier alpha value is -3.89. The summed E-state index contributed by atoms with van der Waals surface area (Å²) in [7, 11) is 1.27. The summed E-state index contributed by atoms with van der Waals surface area (Å²) in [5.74, 6) is -1.06. The van der Waals surface area contributed by atoms with E-state index in [4.69, 9.17) is 0 Å². The lowest BCUT2D eigenvalue weighted by atomic mass is 10.1. The molecule has 0 unspecified atom stereocenters. The van der Waals surface area contributed by atoms with Crippen LogP contribution in [0.2, 0.25) is 0 Å². The molecule has 0 radical (unpaired) electrons. The summed E-state index contributed by atoms with van der Waals surface area (Å²) >= 11 is 0. The van der Waals surface area contributed by atoms with Crippen molar-refractivity contribution >= 4 is 23.3 Å². The molecule has 0 spiro atoms. The van der Waals surface area contributed by atoms with Gasteiger partial charge in [-0.25, -0.2) is 14.5 Å². The van der Waals surface area contributed by atoms with Crippen LogP contribution in [0.4, 0.5) is 24.5 Å². The molecule has 11 heteroatoms. The monoisotopic (exact) mass is 433 g/mol. The molecule has 0 bridgehead atoms. The molecule has 8 nitrogen and oxygen atoms in total. The number of nitrogens with one attached hydrogen (secondary N) is 2. The van der Waals surface area contributed by atoms with Gasteiger partial charge in [0, 0.05) is 5.69 Å². The number of methoxy groups -OCH3 is 1. The average Bonchev–Trinajstić information content (AvgIpc) is 3.26. The van der Waals surface area contributed by atoms with E-state index in [1.165, 1.54) is 36.6 Å². The van der Waals surface area contributed by atoms with Gasteiger partial charge in [-0.2, -0.15) is 18.3 Å². The van der Waals surface area contributed by atoms with E-state index in [1.54, 1.807) is 19.1 Å². The minimum atomic E-state index is -4.57. The van der Waals surface area contributed by atoms with Gasteiger partial charge in [0.05, 0.1) is 36.2 Å². The van der Waals surface area contributed by atoms with Gasteiger partial charge in [0.15, 0.2) is 0 Å². The van der Waals surface area contributed by atoms with Crippen LogP contribution >= 0.6 is 0 Å². The van der Waals surface area contributed by atoms with Crippen LogP contribution in [-0.2, 0) is 15.7 Å². The third kappa shape index (κ3) is 5.18. The number of carbonyl (C=O) groups is 2. The topological polar surface area (TPSA) is 98.1 Å². The molecule has 0 aliphatic carbocycles. The standard InChI is InChI=1S/C20H18F3N5O3/c1-12-7-13(19(30)31-2)3-5-15(12)25-9-18(29)27-16-8-14(20(21,22)23)4-6-17(16)28-11-24-10-26-28/h3-8,10-11,25H,9H2,1-2H3,(H,27,29). The Morgan fingerprint density at radius 3 is 2.52 bits per heavy atom. The number of hydrogen-bond acceptors (Lipinski definition) is 6. The number of aromatic nitrogens is 3. The Balaban J connectivity index is 1.76. The lowest BCUT2D eigenvalue weighted by molar-refractivity contribution is -0.137. The van der Waals surface area contributed by atoms with Gasteiger partial charge in [-0.05, 0) is 48.9 Å². The van der Waals surface area contributed by atoms with Crippen LogP contribution in [0.5, 0.6) is 0 Å². The van der Waals surface area contributed by atoms with E-state index < -0.39 is 23.6 Å². The van der Waals surface area contributed by atoms with Crippen molar-refractivity contribution in [2.45, 2.75) is 13.1 Å². The second-order valence-electron chi connectivity index (χ2n) is 6.49. The maximum atomic E-state index is 13.1. The highest BCUT2D eigenvalue weighted by molar-refractivity contribution is 5.96. The number of anilines is 2. The fourth-order valence-electron chi connectivity index (χ4n) is 2.82. The van der Waals surface area contributed by atoms with Crippen molar-refractivity contribution in [2.24, 2.45) is 0 Å². The van der Waals surface area contributed by atoms with Gasteiger partial charge in [0.25, 0.3) is 0 Å². The van der Waals surface area contributed by atoms with Gasteiger partial charge < -0.3 is 15.4 Å². The summed E-state index contributed by atoms with van der Waals surface area (Å²) in [6.07, 6.45) is -2.04. The van der Waals surface area contributed by atoms with Gasteiger partial charge in [-0.15, -0.1) is 0 Å². The zero-order valence-corrected chi connectivity index (χ0v) is 16.5. The quantitative estimate of drug-likeness (QED) is 0.578. The largest absolute Gasteiger partial charge is 0.465 e. The Morgan fingerprint density at radius 1 is 1.13 bits per heavy atom. The molecule has 0 atom stereocenters. The number of nitrogens with zero attached hydrogens (tertiary/aromatic N) is 3. The molecule has 31 heavy (non-hydrogen) atoms. The van der Waals surface area contributed by atoms with E-state index in [0.29, 0.717) is 16.8 Å². The summed E-state index contributed by atoms with van der Waals surface area (Å²) in [5, 5.41) is 9.27. The molecule has 1 aromatic heterocycles. The maximum Gasteiger partial charge on any atom is 0.416 e. The Labute approximate surface area is 175 Å². The minimum Gasteiger partial charge on any atom is -0.465 e. The molecule has 1 heterocycles. The molecule has 3 rings (SSSR count). The number of rotatable bonds is 6. The number of aryl methyl sites for hydroxylation is 1. The van der Waals surface area contributed by atoms with Crippen molar-refractivity contribution in [3.05, 3.63) is 65.7 Å². The van der Waals surface area contributed by atoms with E-state index >= 15 is 0 Å². The zero-order valence-electron chi connectivity index (χ0n) is 16.5. The second kappa shape index (κ2) is 8.86. The number of hydrogen-bond donors (Lipinski definition) is 2. The first-order chi connectivity index (χ1) is 14.7. The van der Waals surface area contributed by atoms with Crippen LogP contribution in [0.1, 0.15) is 21.5 Å². The summed E-state index contributed by atoms with van der Waals surface area (Å²) in [6.45, 7) is 1.52. The lowest BCUT2D eigenvalue weighted by Gasteiger charge is -2.15. The third-order valence-corrected chi connectivity index (χ3v) is 4.35. The molecule has 0 aliphatic rings. The van der Waals surface area contributed by atoms with Crippen LogP contribution in [0, 0.1) is 6.92 Å². The van der Waals surface area contributed by atoms with Gasteiger partial charge in [0.2, 0.25) is 5.91 Å². The Bertz CT molecular complexity index is 1100. The molecular formula is C20H18F3N5O3. The van der Waals surface area contributed by atoms with Crippen molar-refractivity contribution in [1.29, 1.82) is 0 Å². The van der Waals surface area contributed by atoms with Gasteiger partial charge in [-0.3, -0.25) is 4.79 Å². The number of esters is 1. The highest BCUT2D eigenvalue weighted by Crippen LogP contribution is 2.33. The van der Waals surface area contributed by atoms with Crippen molar-refractivity contribution < 1.29 is 27.5 Å². The molecule has 0 fully saturated rings. The predicted octanol–water partition coefficient (Wildman–Crippen LogP) is 3.43. The molecule has 0 saturated heterocycles. The zero-order chi connectivity index (χ0) is 22.6. The third-order valence-electron chi connectivity index (χ3n) is 4.35. The molecule has 3 aromatic rings. The summed E-state index contributed by atoms with van der Waals surface area (Å²) in [6, 6.07) is 7.69. The molecule has 0 saturated carbocycles. The van der Waals surface area contributed by atoms with Crippen molar-refractivity contribution in [3.63, 3.8) is 0 Å². The predicted molar refractivity (Wildman–Crippen MR) is 106 cm³/mol. The Kier molecular flexibility index (Phi) is 6.23. The molecular weight excluding hydrogens is 415 g/mol. The van der Waals surface area contributed by atoms with E-state index in [2.05, 4.69) is 25.5 Å². The van der Waals surface area contributed by atoms with Gasteiger partial charge in [-0.1, -0.05) is 0 Å². The fourth-order valence-corrected chi connectivity index (χ4v) is 2.82. The first-order valence-corrected chi connectivity index (χ1v) is 8.98. The number of carbonyl (C=O) groups excluding carboxylic acids is 2. The summed E-state index contributed by atoms with van der Waals surface area (Å²) < 4.78 is 45.3. The highest BCUT2D eigenvalue weighted by Gasteiger charge is 2.31. The van der Waals surface area contributed by atoms with Crippen molar-refractivity contribution in [2.75, 3.05) is 24.3 Å². The smallest absolute Gasteiger partial charge is 0.416 e. The van der Waals surface area contributed by atoms with Crippen LogP contribution in [0.25, 0.3) is 5.69 Å². The number of alkyl halides is 3. The van der Waals surface area contributed by atoms with Crippen LogP contribution in [0.3, 0.4) is 0 Å². The minimum absolute atomic E-state index is 0.0649. The lowest BCUT2D eigenvalue weighted by Crippen LogP contribution is -2.23. The van der Waals surface area contributed by atoms with E-state index in [9.17, 15) is 22.8 Å². The highest BCUT2D eigenvalue weighted by atomic mass is 19.4.